The number of carboxylic acid groups (broad SMARTS) is 1. The van der Waals surface area contributed by atoms with Gasteiger partial charge in [0, 0.05) is 15.8 Å². The molecule has 96 valence electrons. The molecule has 1 saturated heterocycles. The minimum atomic E-state index is -1.04. The zero-order valence-electron chi connectivity index (χ0n) is 9.10. The lowest BCUT2D eigenvalue weighted by molar-refractivity contribution is -0.140. The Kier molecular flexibility index (Phi) is 3.91. The maximum Gasteiger partial charge on any atom is 0.327 e. The Morgan fingerprint density at radius 1 is 1.44 bits per heavy atom. The van der Waals surface area contributed by atoms with Crippen LogP contribution >= 0.6 is 27.7 Å². The molecule has 1 amide bonds. The molecule has 1 heterocycles. The number of hydrogen-bond donors (Lipinski definition) is 1. The quantitative estimate of drug-likeness (QED) is 0.901. The van der Waals surface area contributed by atoms with Crippen LogP contribution in [-0.2, 0) is 4.79 Å². The van der Waals surface area contributed by atoms with Gasteiger partial charge in [0.25, 0.3) is 5.91 Å². The molecule has 4 nitrogen and oxygen atoms in total. The number of carboxylic acids is 1. The first-order valence-corrected chi connectivity index (χ1v) is 7.01. The van der Waals surface area contributed by atoms with Gasteiger partial charge in [-0.15, -0.1) is 11.8 Å². The fourth-order valence-electron chi connectivity index (χ4n) is 1.69. The molecular formula is C11H9BrFNO3S. The lowest BCUT2D eigenvalue weighted by Crippen LogP contribution is -2.41. The van der Waals surface area contributed by atoms with E-state index in [1.54, 1.807) is 0 Å². The van der Waals surface area contributed by atoms with Crippen molar-refractivity contribution in [1.29, 1.82) is 0 Å². The summed E-state index contributed by atoms with van der Waals surface area (Å²) in [5.41, 5.74) is 0.149. The summed E-state index contributed by atoms with van der Waals surface area (Å²) in [6.45, 7) is 0. The van der Waals surface area contributed by atoms with E-state index in [2.05, 4.69) is 15.9 Å². The van der Waals surface area contributed by atoms with E-state index < -0.39 is 23.7 Å². The zero-order chi connectivity index (χ0) is 13.3. The van der Waals surface area contributed by atoms with Crippen molar-refractivity contribution in [3.63, 3.8) is 0 Å². The van der Waals surface area contributed by atoms with Crippen molar-refractivity contribution in [1.82, 2.24) is 4.90 Å². The highest BCUT2D eigenvalue weighted by Crippen LogP contribution is 2.24. The predicted octanol–water partition coefficient (Wildman–Crippen LogP) is 2.19. The number of amides is 1. The van der Waals surface area contributed by atoms with Crippen molar-refractivity contribution < 1.29 is 19.1 Å². The standard InChI is InChI=1S/C11H9BrFNO3S/c12-7-1-6(2-8(13)3-7)10(15)14-5-18-4-9(14)11(16)17/h1-3,9H,4-5H2,(H,16,17)/t9-/m0/s1. The number of carbonyl (C=O) groups excluding carboxylic acids is 1. The van der Waals surface area contributed by atoms with E-state index in [-0.39, 0.29) is 5.56 Å². The van der Waals surface area contributed by atoms with Gasteiger partial charge in [0.15, 0.2) is 0 Å². The average molecular weight is 334 g/mol. The largest absolute Gasteiger partial charge is 0.480 e. The molecule has 1 fully saturated rings. The van der Waals surface area contributed by atoms with Crippen LogP contribution in [-0.4, -0.2) is 39.6 Å². The summed E-state index contributed by atoms with van der Waals surface area (Å²) in [5, 5.41) is 9.00. The van der Waals surface area contributed by atoms with Crippen LogP contribution < -0.4 is 0 Å². The summed E-state index contributed by atoms with van der Waals surface area (Å²) >= 11 is 4.47. The Balaban J connectivity index is 2.28. The van der Waals surface area contributed by atoms with Crippen LogP contribution in [0.4, 0.5) is 4.39 Å². The van der Waals surface area contributed by atoms with Crippen molar-refractivity contribution in [2.45, 2.75) is 6.04 Å². The third-order valence-corrected chi connectivity index (χ3v) is 4.01. The number of hydrogen-bond acceptors (Lipinski definition) is 3. The Morgan fingerprint density at radius 3 is 2.78 bits per heavy atom. The van der Waals surface area contributed by atoms with Gasteiger partial charge >= 0.3 is 5.97 Å². The molecule has 1 aromatic carbocycles. The summed E-state index contributed by atoms with van der Waals surface area (Å²) in [5.74, 6) is -1.37. The molecule has 1 aromatic rings. The van der Waals surface area contributed by atoms with Gasteiger partial charge in [-0.2, -0.15) is 0 Å². The van der Waals surface area contributed by atoms with Gasteiger partial charge < -0.3 is 10.0 Å². The Labute approximate surface area is 115 Å². The molecule has 1 N–H and O–H groups in total. The summed E-state index contributed by atoms with van der Waals surface area (Å²) in [6.07, 6.45) is 0. The summed E-state index contributed by atoms with van der Waals surface area (Å²) in [7, 11) is 0. The van der Waals surface area contributed by atoms with E-state index in [1.165, 1.54) is 28.8 Å². The number of halogens is 2. The van der Waals surface area contributed by atoms with Crippen molar-refractivity contribution in [3.8, 4) is 0 Å². The topological polar surface area (TPSA) is 57.6 Å². The van der Waals surface area contributed by atoms with Gasteiger partial charge in [0.2, 0.25) is 0 Å². The third-order valence-electron chi connectivity index (χ3n) is 2.54. The van der Waals surface area contributed by atoms with Crippen molar-refractivity contribution >= 4 is 39.6 Å². The van der Waals surface area contributed by atoms with E-state index in [0.717, 1.165) is 6.07 Å². The van der Waals surface area contributed by atoms with Gasteiger partial charge in [0.05, 0.1) is 5.88 Å². The molecule has 0 bridgehead atoms. The van der Waals surface area contributed by atoms with Crippen LogP contribution in [0.3, 0.4) is 0 Å². The first kappa shape index (κ1) is 13.4. The van der Waals surface area contributed by atoms with E-state index in [0.29, 0.717) is 16.1 Å². The van der Waals surface area contributed by atoms with Gasteiger partial charge in [-0.05, 0) is 18.2 Å². The lowest BCUT2D eigenvalue weighted by atomic mass is 10.1. The Morgan fingerprint density at radius 2 is 2.17 bits per heavy atom. The van der Waals surface area contributed by atoms with Gasteiger partial charge in [-0.1, -0.05) is 15.9 Å². The molecule has 0 radical (unpaired) electrons. The second kappa shape index (κ2) is 5.27. The number of benzene rings is 1. The number of aliphatic carboxylic acids is 1. The minimum Gasteiger partial charge on any atom is -0.480 e. The maximum absolute atomic E-state index is 13.2. The molecule has 7 heteroatoms. The van der Waals surface area contributed by atoms with Gasteiger partial charge in [-0.25, -0.2) is 9.18 Å². The number of rotatable bonds is 2. The van der Waals surface area contributed by atoms with Crippen molar-refractivity contribution in [2.75, 3.05) is 11.6 Å². The molecule has 0 saturated carbocycles. The monoisotopic (exact) mass is 333 g/mol. The maximum atomic E-state index is 13.2. The van der Waals surface area contributed by atoms with Gasteiger partial charge in [-0.3, -0.25) is 4.79 Å². The molecule has 0 unspecified atom stereocenters. The number of nitrogens with zero attached hydrogens (tertiary/aromatic N) is 1. The normalized spacial score (nSPS) is 19.0. The molecule has 0 aliphatic carbocycles. The lowest BCUT2D eigenvalue weighted by Gasteiger charge is -2.20. The van der Waals surface area contributed by atoms with E-state index in [9.17, 15) is 14.0 Å². The first-order valence-electron chi connectivity index (χ1n) is 5.06. The fraction of sp³-hybridized carbons (Fsp3) is 0.273. The van der Waals surface area contributed by atoms with E-state index in [4.69, 9.17) is 5.11 Å². The van der Waals surface area contributed by atoms with E-state index >= 15 is 0 Å². The van der Waals surface area contributed by atoms with Crippen molar-refractivity contribution in [3.05, 3.63) is 34.1 Å². The van der Waals surface area contributed by atoms with E-state index in [1.807, 2.05) is 0 Å². The summed E-state index contributed by atoms with van der Waals surface area (Å²) < 4.78 is 13.7. The van der Waals surface area contributed by atoms with Gasteiger partial charge in [0.1, 0.15) is 11.9 Å². The Hall–Kier alpha value is -1.08. The average Bonchev–Trinajstić information content (AvgIpc) is 2.75. The van der Waals surface area contributed by atoms with Crippen LogP contribution in [0.1, 0.15) is 10.4 Å². The molecule has 1 aliphatic heterocycles. The summed E-state index contributed by atoms with van der Waals surface area (Å²) in [4.78, 5) is 24.4. The smallest absolute Gasteiger partial charge is 0.327 e. The number of thioether (sulfide) groups is 1. The third kappa shape index (κ3) is 2.67. The fourth-order valence-corrected chi connectivity index (χ4v) is 3.30. The summed E-state index contributed by atoms with van der Waals surface area (Å²) in [6, 6.07) is 2.98. The molecule has 0 spiro atoms. The SMILES string of the molecule is O=C(O)[C@@H]1CSCN1C(=O)c1cc(F)cc(Br)c1. The van der Waals surface area contributed by atoms with Crippen molar-refractivity contribution in [2.24, 2.45) is 0 Å². The second-order valence-corrected chi connectivity index (χ2v) is 5.70. The molecule has 0 aromatic heterocycles. The highest BCUT2D eigenvalue weighted by molar-refractivity contribution is 9.10. The molecule has 2 rings (SSSR count). The molecule has 18 heavy (non-hydrogen) atoms. The molecular weight excluding hydrogens is 325 g/mol. The first-order chi connectivity index (χ1) is 8.49. The second-order valence-electron chi connectivity index (χ2n) is 3.79. The van der Waals surface area contributed by atoms with Crippen LogP contribution in [0.25, 0.3) is 0 Å². The molecule has 1 atom stereocenters. The predicted molar refractivity (Wildman–Crippen MR) is 69.0 cm³/mol. The Bertz CT molecular complexity index is 491. The minimum absolute atomic E-state index is 0.149. The highest BCUT2D eigenvalue weighted by atomic mass is 79.9. The number of carbonyl (C=O) groups is 2. The highest BCUT2D eigenvalue weighted by Gasteiger charge is 2.35. The van der Waals surface area contributed by atoms with Crippen LogP contribution in [0.2, 0.25) is 0 Å². The van der Waals surface area contributed by atoms with Crippen LogP contribution in [0.15, 0.2) is 22.7 Å². The molecule has 1 aliphatic rings. The zero-order valence-corrected chi connectivity index (χ0v) is 11.5. The van der Waals surface area contributed by atoms with Crippen LogP contribution in [0.5, 0.6) is 0 Å². The van der Waals surface area contributed by atoms with Crippen LogP contribution in [0, 0.1) is 5.82 Å².